The number of fused-ring (bicyclic) bond motifs is 2. The molecule has 0 aromatic carbocycles. The van der Waals surface area contributed by atoms with Crippen molar-refractivity contribution in [2.75, 3.05) is 31.1 Å². The van der Waals surface area contributed by atoms with Gasteiger partial charge in [0.25, 0.3) is 0 Å². The third-order valence-electron chi connectivity index (χ3n) is 6.02. The van der Waals surface area contributed by atoms with Gasteiger partial charge in [0, 0.05) is 61.7 Å². The zero-order chi connectivity index (χ0) is 17.7. The summed E-state index contributed by atoms with van der Waals surface area (Å²) in [6.45, 7) is 6.04. The Bertz CT molecular complexity index is 819. The Balaban J connectivity index is 1.27. The Hall–Kier alpha value is -2.44. The Morgan fingerprint density at radius 3 is 2.69 bits per heavy atom. The van der Waals surface area contributed by atoms with Gasteiger partial charge < -0.3 is 9.80 Å². The molecule has 0 saturated carbocycles. The van der Waals surface area contributed by atoms with Gasteiger partial charge >= 0.3 is 0 Å². The van der Waals surface area contributed by atoms with Gasteiger partial charge in [0.2, 0.25) is 5.91 Å². The predicted molar refractivity (Wildman–Crippen MR) is 96.8 cm³/mol. The van der Waals surface area contributed by atoms with Crippen LogP contribution in [0.15, 0.2) is 18.5 Å². The largest absolute Gasteiger partial charge is 0.356 e. The van der Waals surface area contributed by atoms with Gasteiger partial charge in [-0.05, 0) is 32.3 Å². The molecule has 4 heterocycles. The van der Waals surface area contributed by atoms with Crippen LogP contribution in [0.4, 0.5) is 5.82 Å². The van der Waals surface area contributed by atoms with Crippen LogP contribution in [0, 0.1) is 18.8 Å². The van der Waals surface area contributed by atoms with E-state index in [-0.39, 0.29) is 5.91 Å². The van der Waals surface area contributed by atoms with E-state index in [1.54, 1.807) is 10.9 Å². The number of amides is 1. The normalized spacial score (nSPS) is 24.2. The molecule has 0 spiro atoms. The monoisotopic (exact) mass is 352 g/mol. The molecule has 2 unspecified atom stereocenters. The third-order valence-corrected chi connectivity index (χ3v) is 6.02. The summed E-state index contributed by atoms with van der Waals surface area (Å²) in [4.78, 5) is 26.4. The molecule has 0 bridgehead atoms. The molecule has 3 aliphatic rings. The summed E-state index contributed by atoms with van der Waals surface area (Å²) >= 11 is 0. The maximum absolute atomic E-state index is 12.5. The molecule has 1 amide bonds. The van der Waals surface area contributed by atoms with Crippen LogP contribution >= 0.6 is 0 Å². The van der Waals surface area contributed by atoms with E-state index in [4.69, 9.17) is 4.98 Å². The average molecular weight is 352 g/mol. The fraction of sp³-hybridized carbons (Fsp3) is 0.579. The molecular formula is C19H24N6O. The lowest BCUT2D eigenvalue weighted by molar-refractivity contribution is -0.131. The van der Waals surface area contributed by atoms with Crippen LogP contribution in [0.2, 0.25) is 0 Å². The van der Waals surface area contributed by atoms with Crippen LogP contribution in [-0.4, -0.2) is 56.7 Å². The molecule has 2 fully saturated rings. The minimum absolute atomic E-state index is 0.174. The number of carbonyl (C=O) groups excluding carboxylic acids is 1. The molecule has 26 heavy (non-hydrogen) atoms. The molecule has 2 aromatic heterocycles. The molecule has 1 aliphatic carbocycles. The van der Waals surface area contributed by atoms with Gasteiger partial charge in [0.15, 0.2) is 0 Å². The van der Waals surface area contributed by atoms with Crippen molar-refractivity contribution < 1.29 is 4.79 Å². The van der Waals surface area contributed by atoms with Crippen LogP contribution < -0.4 is 4.90 Å². The number of nitrogens with zero attached hydrogens (tertiary/aromatic N) is 6. The van der Waals surface area contributed by atoms with E-state index in [1.165, 1.54) is 17.7 Å². The summed E-state index contributed by atoms with van der Waals surface area (Å²) < 4.78 is 1.70. The summed E-state index contributed by atoms with van der Waals surface area (Å²) in [5.74, 6) is 3.31. The molecule has 2 atom stereocenters. The summed E-state index contributed by atoms with van der Waals surface area (Å²) in [5, 5.41) is 4.14. The number of aryl methyl sites for hydroxylation is 2. The molecule has 5 rings (SSSR count). The zero-order valence-corrected chi connectivity index (χ0v) is 15.1. The minimum Gasteiger partial charge on any atom is -0.356 e. The predicted octanol–water partition coefficient (Wildman–Crippen LogP) is 1.07. The molecule has 2 aromatic rings. The van der Waals surface area contributed by atoms with Crippen LogP contribution in [0.25, 0.3) is 0 Å². The van der Waals surface area contributed by atoms with Gasteiger partial charge in [-0.25, -0.2) is 9.97 Å². The summed E-state index contributed by atoms with van der Waals surface area (Å²) in [5.41, 5.74) is 2.61. The van der Waals surface area contributed by atoms with E-state index in [0.717, 1.165) is 50.7 Å². The quantitative estimate of drug-likeness (QED) is 0.826. The minimum atomic E-state index is 0.174. The molecule has 136 valence electrons. The number of aromatic nitrogens is 4. The summed E-state index contributed by atoms with van der Waals surface area (Å²) in [6, 6.07) is 1.85. The van der Waals surface area contributed by atoms with Crippen molar-refractivity contribution in [2.24, 2.45) is 11.8 Å². The van der Waals surface area contributed by atoms with E-state index in [2.05, 4.69) is 15.0 Å². The van der Waals surface area contributed by atoms with Gasteiger partial charge in [0.05, 0.1) is 0 Å². The number of anilines is 1. The number of hydrogen-bond acceptors (Lipinski definition) is 5. The van der Waals surface area contributed by atoms with Gasteiger partial charge in [-0.1, -0.05) is 0 Å². The van der Waals surface area contributed by atoms with Crippen molar-refractivity contribution in [3.63, 3.8) is 0 Å². The van der Waals surface area contributed by atoms with E-state index >= 15 is 0 Å². The Morgan fingerprint density at radius 2 is 1.96 bits per heavy atom. The second-order valence-corrected chi connectivity index (χ2v) is 7.80. The van der Waals surface area contributed by atoms with E-state index in [0.29, 0.717) is 18.4 Å². The summed E-state index contributed by atoms with van der Waals surface area (Å²) in [6.07, 6.45) is 6.94. The fourth-order valence-corrected chi connectivity index (χ4v) is 4.80. The highest BCUT2D eigenvalue weighted by Gasteiger charge is 2.42. The lowest BCUT2D eigenvalue weighted by Gasteiger charge is -2.24. The maximum Gasteiger partial charge on any atom is 0.244 e. The average Bonchev–Trinajstić information content (AvgIpc) is 3.37. The van der Waals surface area contributed by atoms with Crippen molar-refractivity contribution in [3.8, 4) is 0 Å². The first-order valence-electron chi connectivity index (χ1n) is 9.54. The van der Waals surface area contributed by atoms with Crippen LogP contribution in [-0.2, 0) is 24.2 Å². The van der Waals surface area contributed by atoms with Gasteiger partial charge in [-0.2, -0.15) is 5.10 Å². The number of likely N-dealkylation sites (tertiary alicyclic amines) is 1. The highest BCUT2D eigenvalue weighted by molar-refractivity contribution is 5.76. The van der Waals surface area contributed by atoms with Crippen molar-refractivity contribution >= 4 is 11.7 Å². The van der Waals surface area contributed by atoms with E-state index in [9.17, 15) is 4.79 Å². The number of hydrogen-bond donors (Lipinski definition) is 0. The van der Waals surface area contributed by atoms with Crippen molar-refractivity contribution in [2.45, 2.75) is 32.7 Å². The fourth-order valence-electron chi connectivity index (χ4n) is 4.80. The van der Waals surface area contributed by atoms with Gasteiger partial charge in [-0.3, -0.25) is 9.48 Å². The Kier molecular flexibility index (Phi) is 3.69. The van der Waals surface area contributed by atoms with Crippen LogP contribution in [0.3, 0.4) is 0 Å². The SMILES string of the molecule is Cc1nc2c(c(N3CC4CN(C(=O)Cn5cccn5)CC4C3)n1)CCC2. The lowest BCUT2D eigenvalue weighted by atomic mass is 10.0. The maximum atomic E-state index is 12.5. The topological polar surface area (TPSA) is 67.2 Å². The number of rotatable bonds is 3. The first kappa shape index (κ1) is 15.8. The highest BCUT2D eigenvalue weighted by atomic mass is 16.2. The van der Waals surface area contributed by atoms with Gasteiger partial charge in [0.1, 0.15) is 18.2 Å². The highest BCUT2D eigenvalue weighted by Crippen LogP contribution is 2.37. The van der Waals surface area contributed by atoms with Crippen molar-refractivity contribution in [3.05, 3.63) is 35.5 Å². The molecule has 2 aliphatic heterocycles. The first-order chi connectivity index (χ1) is 12.7. The molecule has 0 N–H and O–H groups in total. The van der Waals surface area contributed by atoms with Crippen LogP contribution in [0.1, 0.15) is 23.5 Å². The third kappa shape index (κ3) is 2.66. The molecule has 0 radical (unpaired) electrons. The van der Waals surface area contributed by atoms with Gasteiger partial charge in [-0.15, -0.1) is 0 Å². The number of carbonyl (C=O) groups is 1. The lowest BCUT2D eigenvalue weighted by Crippen LogP contribution is -2.35. The standard InChI is InChI=1S/C19H24N6O/c1-13-21-17-5-2-4-16(17)19(22-13)24-10-14-8-23(9-15(14)11-24)18(26)12-25-7-3-6-20-25/h3,6-7,14-15H,2,4-5,8-12H2,1H3. The van der Waals surface area contributed by atoms with Crippen molar-refractivity contribution in [1.29, 1.82) is 0 Å². The van der Waals surface area contributed by atoms with Crippen LogP contribution in [0.5, 0.6) is 0 Å². The Labute approximate surface area is 153 Å². The van der Waals surface area contributed by atoms with Crippen molar-refractivity contribution in [1.82, 2.24) is 24.6 Å². The molecule has 2 saturated heterocycles. The second-order valence-electron chi connectivity index (χ2n) is 7.80. The first-order valence-corrected chi connectivity index (χ1v) is 9.54. The second kappa shape index (κ2) is 6.07. The smallest absolute Gasteiger partial charge is 0.244 e. The molecule has 7 heteroatoms. The van der Waals surface area contributed by atoms with E-state index in [1.807, 2.05) is 24.1 Å². The zero-order valence-electron chi connectivity index (χ0n) is 15.1. The molecule has 7 nitrogen and oxygen atoms in total. The Morgan fingerprint density at radius 1 is 1.15 bits per heavy atom. The summed E-state index contributed by atoms with van der Waals surface area (Å²) in [7, 11) is 0. The molecular weight excluding hydrogens is 328 g/mol. The van der Waals surface area contributed by atoms with E-state index < -0.39 is 0 Å².